The molecule has 4 nitrogen and oxygen atoms in total. The predicted molar refractivity (Wildman–Crippen MR) is 50.6 cm³/mol. The summed E-state index contributed by atoms with van der Waals surface area (Å²) in [5, 5.41) is 3.32. The van der Waals surface area contributed by atoms with E-state index in [1.807, 2.05) is 6.20 Å². The first kappa shape index (κ1) is 8.56. The predicted octanol–water partition coefficient (Wildman–Crippen LogP) is 0.176. The Morgan fingerprint density at radius 1 is 1.62 bits per heavy atom. The highest BCUT2D eigenvalue weighted by Gasteiger charge is 2.13. The number of nitrogens with one attached hydrogen (secondary N) is 2. The first-order valence-corrected chi connectivity index (χ1v) is 4.81. The normalized spacial score (nSPS) is 22.3. The van der Waals surface area contributed by atoms with Gasteiger partial charge in [0.1, 0.15) is 0 Å². The van der Waals surface area contributed by atoms with E-state index in [1.54, 1.807) is 10.8 Å². The Bertz CT molecular complexity index is 309. The molecule has 13 heavy (non-hydrogen) atoms. The Morgan fingerprint density at radius 3 is 3.15 bits per heavy atom. The third kappa shape index (κ3) is 2.01. The number of rotatable bonds is 3. The molecule has 0 radical (unpaired) electrons. The second-order valence-corrected chi connectivity index (χ2v) is 3.61. The molecule has 2 rings (SSSR count). The summed E-state index contributed by atoms with van der Waals surface area (Å²) in [6.07, 6.45) is 5.85. The van der Waals surface area contributed by atoms with Crippen LogP contribution in [0, 0.1) is 5.92 Å². The van der Waals surface area contributed by atoms with Gasteiger partial charge in [-0.3, -0.25) is 4.57 Å². The molecule has 2 N–H and O–H groups in total. The van der Waals surface area contributed by atoms with Gasteiger partial charge in [0, 0.05) is 18.9 Å². The van der Waals surface area contributed by atoms with E-state index in [-0.39, 0.29) is 5.69 Å². The quantitative estimate of drug-likeness (QED) is 0.698. The zero-order valence-electron chi connectivity index (χ0n) is 7.62. The van der Waals surface area contributed by atoms with Crippen LogP contribution in [-0.4, -0.2) is 22.6 Å². The molecule has 1 atom stereocenters. The van der Waals surface area contributed by atoms with Gasteiger partial charge in [0.2, 0.25) is 0 Å². The molecular weight excluding hydrogens is 166 g/mol. The highest BCUT2D eigenvalue weighted by molar-refractivity contribution is 4.77. The molecule has 1 fully saturated rings. The van der Waals surface area contributed by atoms with E-state index >= 15 is 0 Å². The van der Waals surface area contributed by atoms with Crippen LogP contribution < -0.4 is 11.0 Å². The van der Waals surface area contributed by atoms with Crippen LogP contribution in [0.15, 0.2) is 17.2 Å². The number of nitrogens with zero attached hydrogens (tertiary/aromatic N) is 1. The van der Waals surface area contributed by atoms with Crippen LogP contribution in [-0.2, 0) is 6.54 Å². The SMILES string of the molecule is O=c1[nH]ccn1CCC1CCNC1. The average Bonchev–Trinajstić information content (AvgIpc) is 2.72. The fourth-order valence-electron chi connectivity index (χ4n) is 1.81. The van der Waals surface area contributed by atoms with Crippen molar-refractivity contribution in [1.29, 1.82) is 0 Å². The van der Waals surface area contributed by atoms with Crippen molar-refractivity contribution in [2.45, 2.75) is 19.4 Å². The topological polar surface area (TPSA) is 49.8 Å². The molecule has 1 aromatic rings. The van der Waals surface area contributed by atoms with Crippen LogP contribution in [0.5, 0.6) is 0 Å². The summed E-state index contributed by atoms with van der Waals surface area (Å²) >= 11 is 0. The number of aromatic nitrogens is 2. The molecule has 4 heteroatoms. The standard InChI is InChI=1S/C9H15N3O/c13-9-11-4-6-12(9)5-2-8-1-3-10-7-8/h4,6,8,10H,1-3,5,7H2,(H,11,13). The monoisotopic (exact) mass is 181 g/mol. The lowest BCUT2D eigenvalue weighted by Gasteiger charge is -2.07. The van der Waals surface area contributed by atoms with Gasteiger partial charge in [0.25, 0.3) is 0 Å². The largest absolute Gasteiger partial charge is 0.325 e. The zero-order chi connectivity index (χ0) is 9.10. The molecule has 0 aliphatic carbocycles. The molecule has 0 saturated carbocycles. The van der Waals surface area contributed by atoms with Crippen molar-refractivity contribution >= 4 is 0 Å². The number of H-pyrrole nitrogens is 1. The minimum absolute atomic E-state index is 0.00551. The van der Waals surface area contributed by atoms with Crippen molar-refractivity contribution < 1.29 is 0 Å². The molecule has 0 aromatic carbocycles. The van der Waals surface area contributed by atoms with Crippen molar-refractivity contribution in [3.63, 3.8) is 0 Å². The van der Waals surface area contributed by atoms with Crippen molar-refractivity contribution in [3.8, 4) is 0 Å². The summed E-state index contributed by atoms with van der Waals surface area (Å²) in [6.45, 7) is 3.08. The Labute approximate surface area is 77.0 Å². The summed E-state index contributed by atoms with van der Waals surface area (Å²) < 4.78 is 1.73. The maximum Gasteiger partial charge on any atom is 0.325 e. The van der Waals surface area contributed by atoms with Gasteiger partial charge in [-0.05, 0) is 31.8 Å². The van der Waals surface area contributed by atoms with Gasteiger partial charge in [0.05, 0.1) is 0 Å². The summed E-state index contributed by atoms with van der Waals surface area (Å²) in [7, 11) is 0. The highest BCUT2D eigenvalue weighted by atomic mass is 16.1. The fraction of sp³-hybridized carbons (Fsp3) is 0.667. The highest BCUT2D eigenvalue weighted by Crippen LogP contribution is 2.12. The summed E-state index contributed by atoms with van der Waals surface area (Å²) in [6, 6.07) is 0. The van der Waals surface area contributed by atoms with E-state index in [1.165, 1.54) is 6.42 Å². The third-order valence-electron chi connectivity index (χ3n) is 2.66. The first-order chi connectivity index (χ1) is 6.36. The molecule has 0 spiro atoms. The van der Waals surface area contributed by atoms with E-state index in [2.05, 4.69) is 10.3 Å². The Hall–Kier alpha value is -1.03. The molecule has 1 aliphatic rings. The van der Waals surface area contributed by atoms with Crippen LogP contribution in [0.4, 0.5) is 0 Å². The van der Waals surface area contributed by atoms with Gasteiger partial charge in [0.15, 0.2) is 0 Å². The van der Waals surface area contributed by atoms with Gasteiger partial charge in [-0.25, -0.2) is 4.79 Å². The van der Waals surface area contributed by atoms with Crippen LogP contribution in [0.3, 0.4) is 0 Å². The van der Waals surface area contributed by atoms with Crippen LogP contribution in [0.1, 0.15) is 12.8 Å². The number of hydrogen-bond donors (Lipinski definition) is 2. The lowest BCUT2D eigenvalue weighted by Crippen LogP contribution is -2.18. The van der Waals surface area contributed by atoms with Crippen molar-refractivity contribution in [1.82, 2.24) is 14.9 Å². The van der Waals surface area contributed by atoms with Gasteiger partial charge in [-0.15, -0.1) is 0 Å². The minimum Gasteiger partial charge on any atom is -0.316 e. The maximum absolute atomic E-state index is 11.1. The second kappa shape index (κ2) is 3.79. The molecule has 0 amide bonds. The van der Waals surface area contributed by atoms with E-state index < -0.39 is 0 Å². The minimum atomic E-state index is 0.00551. The lowest BCUT2D eigenvalue weighted by molar-refractivity contribution is 0.474. The van der Waals surface area contributed by atoms with Crippen molar-refractivity contribution in [2.24, 2.45) is 5.92 Å². The third-order valence-corrected chi connectivity index (χ3v) is 2.66. The average molecular weight is 181 g/mol. The zero-order valence-corrected chi connectivity index (χ0v) is 7.62. The smallest absolute Gasteiger partial charge is 0.316 e. The van der Waals surface area contributed by atoms with Gasteiger partial charge >= 0.3 is 5.69 Å². The Kier molecular flexibility index (Phi) is 2.49. The number of hydrogen-bond acceptors (Lipinski definition) is 2. The Morgan fingerprint density at radius 2 is 2.54 bits per heavy atom. The maximum atomic E-state index is 11.1. The first-order valence-electron chi connectivity index (χ1n) is 4.81. The Balaban J connectivity index is 1.85. The molecule has 72 valence electrons. The van der Waals surface area contributed by atoms with E-state index in [0.717, 1.165) is 32.0 Å². The number of aryl methyl sites for hydroxylation is 1. The van der Waals surface area contributed by atoms with E-state index in [0.29, 0.717) is 0 Å². The summed E-state index contributed by atoms with van der Waals surface area (Å²) in [5.74, 6) is 0.752. The van der Waals surface area contributed by atoms with Crippen molar-refractivity contribution in [2.75, 3.05) is 13.1 Å². The van der Waals surface area contributed by atoms with Crippen LogP contribution in [0.25, 0.3) is 0 Å². The summed E-state index contributed by atoms with van der Waals surface area (Å²) in [4.78, 5) is 13.8. The van der Waals surface area contributed by atoms with Gasteiger partial charge < -0.3 is 10.3 Å². The molecule has 1 aliphatic heterocycles. The number of imidazole rings is 1. The second-order valence-electron chi connectivity index (χ2n) is 3.61. The van der Waals surface area contributed by atoms with Gasteiger partial charge in [-0.1, -0.05) is 0 Å². The van der Waals surface area contributed by atoms with Crippen LogP contribution in [0.2, 0.25) is 0 Å². The van der Waals surface area contributed by atoms with E-state index in [9.17, 15) is 4.79 Å². The fourth-order valence-corrected chi connectivity index (χ4v) is 1.81. The van der Waals surface area contributed by atoms with Crippen LogP contribution >= 0.6 is 0 Å². The number of aromatic amines is 1. The molecule has 1 aromatic heterocycles. The molecule has 2 heterocycles. The molecule has 1 saturated heterocycles. The molecule has 0 bridgehead atoms. The molecule has 1 unspecified atom stereocenters. The van der Waals surface area contributed by atoms with Gasteiger partial charge in [-0.2, -0.15) is 0 Å². The lowest BCUT2D eigenvalue weighted by atomic mass is 10.1. The molecular formula is C9H15N3O. The summed E-state index contributed by atoms with van der Waals surface area (Å²) in [5.41, 5.74) is 0.00551. The van der Waals surface area contributed by atoms with Crippen molar-refractivity contribution in [3.05, 3.63) is 22.9 Å². The van der Waals surface area contributed by atoms with E-state index in [4.69, 9.17) is 0 Å².